The highest BCUT2D eigenvalue weighted by molar-refractivity contribution is 5.75. The SMILES string of the molecule is CC(NC(=O)NC(c1ccc2c(c1)OCCO2)C1CC1)c1ccc2c(c1)OCO2. The van der Waals surface area contributed by atoms with Crippen LogP contribution in [0.3, 0.4) is 0 Å². The average Bonchev–Trinajstić information content (AvgIpc) is 3.47. The molecule has 2 aromatic carbocycles. The van der Waals surface area contributed by atoms with Crippen molar-refractivity contribution >= 4 is 6.03 Å². The molecule has 3 aliphatic rings. The molecule has 0 radical (unpaired) electrons. The monoisotopic (exact) mass is 396 g/mol. The van der Waals surface area contributed by atoms with Gasteiger partial charge in [-0.05, 0) is 61.1 Å². The van der Waals surface area contributed by atoms with Gasteiger partial charge in [0, 0.05) is 0 Å². The first kappa shape index (κ1) is 18.0. The van der Waals surface area contributed by atoms with Crippen LogP contribution in [0.2, 0.25) is 0 Å². The van der Waals surface area contributed by atoms with Crippen LogP contribution in [0.4, 0.5) is 4.79 Å². The summed E-state index contributed by atoms with van der Waals surface area (Å²) in [4.78, 5) is 12.7. The number of hydrogen-bond donors (Lipinski definition) is 2. The molecule has 0 bridgehead atoms. The third-order valence-corrected chi connectivity index (χ3v) is 5.55. The molecule has 5 rings (SSSR count). The molecule has 2 unspecified atom stereocenters. The van der Waals surface area contributed by atoms with Crippen LogP contribution in [0, 0.1) is 5.92 Å². The molecule has 152 valence electrons. The minimum absolute atomic E-state index is 0.0465. The fraction of sp³-hybridized carbons (Fsp3) is 0.409. The van der Waals surface area contributed by atoms with Crippen LogP contribution in [0.25, 0.3) is 0 Å². The molecular weight excluding hydrogens is 372 g/mol. The normalized spacial score (nSPS) is 18.7. The van der Waals surface area contributed by atoms with E-state index in [-0.39, 0.29) is 24.9 Å². The van der Waals surface area contributed by atoms with E-state index in [1.807, 2.05) is 43.3 Å². The summed E-state index contributed by atoms with van der Waals surface area (Å²) in [6.07, 6.45) is 2.22. The zero-order chi connectivity index (χ0) is 19.8. The molecule has 0 spiro atoms. The zero-order valence-corrected chi connectivity index (χ0v) is 16.3. The Bertz CT molecular complexity index is 927. The second-order valence-electron chi connectivity index (χ2n) is 7.67. The lowest BCUT2D eigenvalue weighted by Gasteiger charge is -2.24. The van der Waals surface area contributed by atoms with E-state index in [4.69, 9.17) is 18.9 Å². The van der Waals surface area contributed by atoms with Gasteiger partial charge in [0.05, 0.1) is 12.1 Å². The van der Waals surface area contributed by atoms with Gasteiger partial charge in [0.15, 0.2) is 23.0 Å². The van der Waals surface area contributed by atoms with Crippen LogP contribution in [-0.2, 0) is 0 Å². The van der Waals surface area contributed by atoms with Crippen molar-refractivity contribution in [2.45, 2.75) is 31.8 Å². The van der Waals surface area contributed by atoms with E-state index < -0.39 is 0 Å². The van der Waals surface area contributed by atoms with E-state index in [1.54, 1.807) is 0 Å². The molecule has 0 saturated heterocycles. The quantitative estimate of drug-likeness (QED) is 0.806. The van der Waals surface area contributed by atoms with Crippen molar-refractivity contribution in [3.05, 3.63) is 47.5 Å². The second-order valence-corrected chi connectivity index (χ2v) is 7.67. The van der Waals surface area contributed by atoms with Crippen LogP contribution >= 0.6 is 0 Å². The molecule has 7 heteroatoms. The molecule has 7 nitrogen and oxygen atoms in total. The van der Waals surface area contributed by atoms with Gasteiger partial charge in [0.2, 0.25) is 6.79 Å². The van der Waals surface area contributed by atoms with Crippen LogP contribution in [0.5, 0.6) is 23.0 Å². The molecular formula is C22H24N2O5. The lowest BCUT2D eigenvalue weighted by atomic mass is 10.0. The number of fused-ring (bicyclic) bond motifs is 2. The van der Waals surface area contributed by atoms with Crippen molar-refractivity contribution in [3.8, 4) is 23.0 Å². The Labute approximate surface area is 169 Å². The first-order valence-electron chi connectivity index (χ1n) is 10.0. The Morgan fingerprint density at radius 2 is 1.48 bits per heavy atom. The second kappa shape index (κ2) is 7.39. The molecule has 2 aromatic rings. The number of urea groups is 1. The molecule has 2 N–H and O–H groups in total. The number of carbonyl (C=O) groups excluding carboxylic acids is 1. The molecule has 2 atom stereocenters. The Morgan fingerprint density at radius 1 is 0.862 bits per heavy atom. The van der Waals surface area contributed by atoms with E-state index in [0.717, 1.165) is 41.2 Å². The van der Waals surface area contributed by atoms with Crippen LogP contribution in [0.1, 0.15) is 43.0 Å². The topological polar surface area (TPSA) is 78.1 Å². The van der Waals surface area contributed by atoms with Gasteiger partial charge in [-0.1, -0.05) is 12.1 Å². The lowest BCUT2D eigenvalue weighted by Crippen LogP contribution is -2.40. The third-order valence-electron chi connectivity index (χ3n) is 5.55. The van der Waals surface area contributed by atoms with E-state index in [0.29, 0.717) is 24.9 Å². The average molecular weight is 396 g/mol. The first-order chi connectivity index (χ1) is 14.2. The minimum atomic E-state index is -0.193. The standard InChI is InChI=1S/C22H24N2O5/c1-13(15-4-6-18-20(10-15)29-12-28-18)23-22(25)24-21(14-2-3-14)16-5-7-17-19(11-16)27-9-8-26-17/h4-7,10-11,13-14,21H,2-3,8-9,12H2,1H3,(H2,23,24,25). The highest BCUT2D eigenvalue weighted by Crippen LogP contribution is 2.43. The predicted octanol–water partition coefficient (Wildman–Crippen LogP) is 3.70. The summed E-state index contributed by atoms with van der Waals surface area (Å²) in [6, 6.07) is 11.2. The number of rotatable bonds is 5. The Hall–Kier alpha value is -3.09. The molecule has 0 aromatic heterocycles. The van der Waals surface area contributed by atoms with Crippen molar-refractivity contribution in [1.82, 2.24) is 10.6 Å². The molecule has 2 heterocycles. The van der Waals surface area contributed by atoms with Crippen molar-refractivity contribution in [2.24, 2.45) is 5.92 Å². The van der Waals surface area contributed by atoms with Crippen molar-refractivity contribution in [3.63, 3.8) is 0 Å². The van der Waals surface area contributed by atoms with Crippen LogP contribution in [0.15, 0.2) is 36.4 Å². The summed E-state index contributed by atoms with van der Waals surface area (Å²) in [5.74, 6) is 3.40. The summed E-state index contributed by atoms with van der Waals surface area (Å²) in [7, 11) is 0. The summed E-state index contributed by atoms with van der Waals surface area (Å²) in [5, 5.41) is 6.18. The summed E-state index contributed by atoms with van der Waals surface area (Å²) in [5.41, 5.74) is 2.01. The summed E-state index contributed by atoms with van der Waals surface area (Å²) in [6.45, 7) is 3.30. The van der Waals surface area contributed by atoms with Gasteiger partial charge in [0.1, 0.15) is 13.2 Å². The molecule has 29 heavy (non-hydrogen) atoms. The zero-order valence-electron chi connectivity index (χ0n) is 16.3. The molecule has 1 aliphatic carbocycles. The van der Waals surface area contributed by atoms with Crippen molar-refractivity contribution in [1.29, 1.82) is 0 Å². The number of benzene rings is 2. The fourth-order valence-electron chi connectivity index (χ4n) is 3.80. The summed E-state index contributed by atoms with van der Waals surface area (Å²) >= 11 is 0. The summed E-state index contributed by atoms with van der Waals surface area (Å²) < 4.78 is 22.1. The van der Waals surface area contributed by atoms with Gasteiger partial charge >= 0.3 is 6.03 Å². The Morgan fingerprint density at radius 3 is 2.28 bits per heavy atom. The highest BCUT2D eigenvalue weighted by atomic mass is 16.7. The van der Waals surface area contributed by atoms with Gasteiger partial charge in [0.25, 0.3) is 0 Å². The van der Waals surface area contributed by atoms with Gasteiger partial charge in [-0.2, -0.15) is 0 Å². The van der Waals surface area contributed by atoms with Gasteiger partial charge < -0.3 is 29.6 Å². The van der Waals surface area contributed by atoms with E-state index in [9.17, 15) is 4.79 Å². The number of amides is 2. The van der Waals surface area contributed by atoms with E-state index in [1.165, 1.54) is 0 Å². The maximum absolute atomic E-state index is 12.7. The van der Waals surface area contributed by atoms with Gasteiger partial charge in [-0.25, -0.2) is 4.79 Å². The number of nitrogens with one attached hydrogen (secondary N) is 2. The van der Waals surface area contributed by atoms with Gasteiger partial charge in [-0.15, -0.1) is 0 Å². The largest absolute Gasteiger partial charge is 0.486 e. The number of hydrogen-bond acceptors (Lipinski definition) is 5. The lowest BCUT2D eigenvalue weighted by molar-refractivity contribution is 0.171. The Balaban J connectivity index is 1.27. The fourth-order valence-corrected chi connectivity index (χ4v) is 3.80. The smallest absolute Gasteiger partial charge is 0.315 e. The molecule has 1 saturated carbocycles. The Kier molecular flexibility index (Phi) is 4.58. The maximum atomic E-state index is 12.7. The highest BCUT2D eigenvalue weighted by Gasteiger charge is 2.34. The minimum Gasteiger partial charge on any atom is -0.486 e. The predicted molar refractivity (Wildman–Crippen MR) is 106 cm³/mol. The van der Waals surface area contributed by atoms with Crippen LogP contribution < -0.4 is 29.6 Å². The molecule has 1 fully saturated rings. The number of carbonyl (C=O) groups is 1. The first-order valence-corrected chi connectivity index (χ1v) is 10.0. The molecule has 2 aliphatic heterocycles. The van der Waals surface area contributed by atoms with E-state index in [2.05, 4.69) is 10.6 Å². The van der Waals surface area contributed by atoms with Crippen molar-refractivity contribution in [2.75, 3.05) is 20.0 Å². The van der Waals surface area contributed by atoms with Gasteiger partial charge in [-0.3, -0.25) is 0 Å². The number of ether oxygens (including phenoxy) is 4. The van der Waals surface area contributed by atoms with Crippen LogP contribution in [-0.4, -0.2) is 26.0 Å². The molecule has 2 amide bonds. The van der Waals surface area contributed by atoms with E-state index >= 15 is 0 Å². The third kappa shape index (κ3) is 3.77. The maximum Gasteiger partial charge on any atom is 0.315 e. The van der Waals surface area contributed by atoms with Crippen molar-refractivity contribution < 1.29 is 23.7 Å².